The van der Waals surface area contributed by atoms with Crippen molar-refractivity contribution in [2.45, 2.75) is 51.7 Å². The molecule has 0 aromatic carbocycles. The molecule has 0 bridgehead atoms. The fraction of sp³-hybridized carbons (Fsp3) is 0.750. The number of unbranched alkanes of at least 4 members (excludes halogenated alkanes) is 1. The van der Waals surface area contributed by atoms with Crippen LogP contribution < -0.4 is 5.73 Å². The monoisotopic (exact) mass is 225 g/mol. The van der Waals surface area contributed by atoms with Crippen LogP contribution in [-0.2, 0) is 13.0 Å². The van der Waals surface area contributed by atoms with Gasteiger partial charge in [-0.2, -0.15) is 0 Å². The van der Waals surface area contributed by atoms with E-state index in [-0.39, 0.29) is 0 Å². The highest BCUT2D eigenvalue weighted by Crippen LogP contribution is 2.12. The third-order valence-corrected chi connectivity index (χ3v) is 2.92. The summed E-state index contributed by atoms with van der Waals surface area (Å²) in [5.41, 5.74) is 4.76. The van der Waals surface area contributed by atoms with Gasteiger partial charge in [0.1, 0.15) is 5.82 Å². The zero-order valence-electron chi connectivity index (χ0n) is 10.3. The summed E-state index contributed by atoms with van der Waals surface area (Å²) in [4.78, 5) is 4.27. The van der Waals surface area contributed by atoms with Crippen LogP contribution in [0.5, 0.6) is 0 Å². The first-order chi connectivity index (χ1) is 7.59. The molecular formula is C12H23N3O. The predicted octanol–water partition coefficient (Wildman–Crippen LogP) is 1.33. The van der Waals surface area contributed by atoms with Crippen LogP contribution in [0.4, 0.5) is 0 Å². The second kappa shape index (κ2) is 6.01. The number of imidazole rings is 1. The van der Waals surface area contributed by atoms with Crippen molar-refractivity contribution >= 4 is 0 Å². The summed E-state index contributed by atoms with van der Waals surface area (Å²) in [5, 5.41) is 9.74. The second-order valence-corrected chi connectivity index (χ2v) is 4.55. The third-order valence-electron chi connectivity index (χ3n) is 2.92. The van der Waals surface area contributed by atoms with Crippen LogP contribution in [0.15, 0.2) is 12.4 Å². The molecule has 0 amide bonds. The highest BCUT2D eigenvalue weighted by Gasteiger charge is 2.16. The van der Waals surface area contributed by atoms with Crippen LogP contribution in [-0.4, -0.2) is 26.8 Å². The van der Waals surface area contributed by atoms with Gasteiger partial charge in [-0.05, 0) is 26.2 Å². The molecule has 0 spiro atoms. The van der Waals surface area contributed by atoms with Crippen molar-refractivity contribution in [3.63, 3.8) is 0 Å². The van der Waals surface area contributed by atoms with Crippen LogP contribution >= 0.6 is 0 Å². The van der Waals surface area contributed by atoms with Crippen molar-refractivity contribution in [2.24, 2.45) is 5.73 Å². The lowest BCUT2D eigenvalue weighted by atomic mass is 9.99. The molecule has 1 rings (SSSR count). The van der Waals surface area contributed by atoms with E-state index in [1.807, 2.05) is 12.4 Å². The smallest absolute Gasteiger partial charge is 0.108 e. The van der Waals surface area contributed by atoms with Gasteiger partial charge in [-0.1, -0.05) is 6.92 Å². The maximum Gasteiger partial charge on any atom is 0.108 e. The normalized spacial score (nSPS) is 15.0. The SMILES string of the molecule is CCc1nccn1CCCCC(C)(O)CN. The fourth-order valence-electron chi connectivity index (χ4n) is 1.75. The van der Waals surface area contributed by atoms with Gasteiger partial charge in [0.15, 0.2) is 0 Å². The van der Waals surface area contributed by atoms with E-state index in [4.69, 9.17) is 5.73 Å². The number of aliphatic hydroxyl groups is 1. The van der Waals surface area contributed by atoms with Gasteiger partial charge in [-0.25, -0.2) is 4.98 Å². The van der Waals surface area contributed by atoms with Gasteiger partial charge >= 0.3 is 0 Å². The lowest BCUT2D eigenvalue weighted by Gasteiger charge is -2.20. The minimum atomic E-state index is -0.706. The number of nitrogens with zero attached hydrogens (tertiary/aromatic N) is 2. The van der Waals surface area contributed by atoms with Gasteiger partial charge in [-0.15, -0.1) is 0 Å². The van der Waals surface area contributed by atoms with Gasteiger partial charge < -0.3 is 15.4 Å². The molecule has 0 aliphatic carbocycles. The van der Waals surface area contributed by atoms with E-state index in [1.54, 1.807) is 6.92 Å². The van der Waals surface area contributed by atoms with Crippen molar-refractivity contribution in [3.8, 4) is 0 Å². The maximum absolute atomic E-state index is 9.74. The average Bonchev–Trinajstić information content (AvgIpc) is 2.72. The van der Waals surface area contributed by atoms with Crippen LogP contribution in [0, 0.1) is 0 Å². The Morgan fingerprint density at radius 2 is 2.25 bits per heavy atom. The molecule has 0 aliphatic rings. The summed E-state index contributed by atoms with van der Waals surface area (Å²) >= 11 is 0. The quantitative estimate of drug-likeness (QED) is 0.688. The summed E-state index contributed by atoms with van der Waals surface area (Å²) < 4.78 is 2.18. The summed E-state index contributed by atoms with van der Waals surface area (Å²) in [6.07, 6.45) is 7.63. The Kier molecular flexibility index (Phi) is 4.96. The number of nitrogens with two attached hydrogens (primary N) is 1. The largest absolute Gasteiger partial charge is 0.389 e. The molecule has 1 atom stereocenters. The maximum atomic E-state index is 9.74. The van der Waals surface area contributed by atoms with Crippen LogP contribution in [0.25, 0.3) is 0 Å². The lowest BCUT2D eigenvalue weighted by molar-refractivity contribution is 0.0569. The first kappa shape index (κ1) is 13.2. The van der Waals surface area contributed by atoms with Crippen molar-refractivity contribution < 1.29 is 5.11 Å². The highest BCUT2D eigenvalue weighted by atomic mass is 16.3. The molecule has 92 valence electrons. The minimum Gasteiger partial charge on any atom is -0.389 e. The lowest BCUT2D eigenvalue weighted by Crippen LogP contribution is -2.33. The Balaban J connectivity index is 2.26. The van der Waals surface area contributed by atoms with E-state index < -0.39 is 5.60 Å². The van der Waals surface area contributed by atoms with E-state index in [0.717, 1.165) is 38.1 Å². The molecule has 1 unspecified atom stereocenters. The van der Waals surface area contributed by atoms with E-state index in [0.29, 0.717) is 6.54 Å². The summed E-state index contributed by atoms with van der Waals surface area (Å²) in [6, 6.07) is 0. The summed E-state index contributed by atoms with van der Waals surface area (Å²) in [5.74, 6) is 1.13. The number of aryl methyl sites for hydroxylation is 2. The van der Waals surface area contributed by atoms with E-state index in [2.05, 4.69) is 16.5 Å². The van der Waals surface area contributed by atoms with Gasteiger partial charge in [0.25, 0.3) is 0 Å². The minimum absolute atomic E-state index is 0.332. The number of aromatic nitrogens is 2. The Morgan fingerprint density at radius 3 is 2.88 bits per heavy atom. The first-order valence-corrected chi connectivity index (χ1v) is 6.01. The number of rotatable bonds is 7. The zero-order valence-corrected chi connectivity index (χ0v) is 10.3. The molecule has 1 aromatic heterocycles. The molecule has 4 heteroatoms. The van der Waals surface area contributed by atoms with E-state index in [1.165, 1.54) is 0 Å². The van der Waals surface area contributed by atoms with Crippen LogP contribution in [0.3, 0.4) is 0 Å². The van der Waals surface area contributed by atoms with Gasteiger partial charge in [0.05, 0.1) is 5.60 Å². The number of hydrogen-bond donors (Lipinski definition) is 2. The molecular weight excluding hydrogens is 202 g/mol. The Bertz CT molecular complexity index is 307. The zero-order chi connectivity index (χ0) is 12.0. The van der Waals surface area contributed by atoms with Gasteiger partial charge in [-0.3, -0.25) is 0 Å². The van der Waals surface area contributed by atoms with Crippen LogP contribution in [0.2, 0.25) is 0 Å². The van der Waals surface area contributed by atoms with Crippen LogP contribution in [0.1, 0.15) is 38.9 Å². The molecule has 4 nitrogen and oxygen atoms in total. The molecule has 0 saturated heterocycles. The Labute approximate surface area is 97.5 Å². The molecule has 1 heterocycles. The van der Waals surface area contributed by atoms with Crippen molar-refractivity contribution in [3.05, 3.63) is 18.2 Å². The summed E-state index contributed by atoms with van der Waals surface area (Å²) in [6.45, 7) is 5.21. The highest BCUT2D eigenvalue weighted by molar-refractivity contribution is 4.91. The van der Waals surface area contributed by atoms with E-state index in [9.17, 15) is 5.11 Å². The molecule has 1 aromatic rings. The molecule has 0 aliphatic heterocycles. The molecule has 0 radical (unpaired) electrons. The number of hydrogen-bond acceptors (Lipinski definition) is 3. The standard InChI is InChI=1S/C12H23N3O/c1-3-11-14-7-9-15(11)8-5-4-6-12(2,16)10-13/h7,9,16H,3-6,8,10,13H2,1-2H3. The van der Waals surface area contributed by atoms with Gasteiger partial charge in [0, 0.05) is 31.9 Å². The summed E-state index contributed by atoms with van der Waals surface area (Å²) in [7, 11) is 0. The third kappa shape index (κ3) is 3.94. The Hall–Kier alpha value is -0.870. The Morgan fingerprint density at radius 1 is 1.50 bits per heavy atom. The molecule has 16 heavy (non-hydrogen) atoms. The van der Waals surface area contributed by atoms with E-state index >= 15 is 0 Å². The topological polar surface area (TPSA) is 64.1 Å². The van der Waals surface area contributed by atoms with Crippen molar-refractivity contribution in [1.82, 2.24) is 9.55 Å². The molecule has 0 fully saturated rings. The molecule has 0 saturated carbocycles. The van der Waals surface area contributed by atoms with Crippen molar-refractivity contribution in [1.29, 1.82) is 0 Å². The fourth-order valence-corrected chi connectivity index (χ4v) is 1.75. The van der Waals surface area contributed by atoms with Gasteiger partial charge in [0.2, 0.25) is 0 Å². The second-order valence-electron chi connectivity index (χ2n) is 4.55. The molecule has 3 N–H and O–H groups in total. The van der Waals surface area contributed by atoms with Crippen molar-refractivity contribution in [2.75, 3.05) is 6.54 Å². The average molecular weight is 225 g/mol. The first-order valence-electron chi connectivity index (χ1n) is 6.01. The predicted molar refractivity (Wildman–Crippen MR) is 65.1 cm³/mol.